The molecule has 0 spiro atoms. The minimum atomic E-state index is 0. The first-order valence-corrected chi connectivity index (χ1v) is 9.23. The molecule has 3 rings (SSSR count). The van der Waals surface area contributed by atoms with Gasteiger partial charge in [-0.2, -0.15) is 0 Å². The van der Waals surface area contributed by atoms with E-state index < -0.39 is 0 Å². The van der Waals surface area contributed by atoms with Crippen LogP contribution in [0.2, 0.25) is 0 Å². The topological polar surface area (TPSA) is 55.1 Å². The number of carbonyl (C=O) groups excluding carboxylic acids is 1. The molecule has 23 heavy (non-hydrogen) atoms. The zero-order chi connectivity index (χ0) is 15.5. The van der Waals surface area contributed by atoms with Crippen LogP contribution >= 0.6 is 28.3 Å². The molecule has 1 aromatic rings. The van der Waals surface area contributed by atoms with Crippen molar-refractivity contribution in [3.63, 3.8) is 0 Å². The van der Waals surface area contributed by atoms with Gasteiger partial charge in [0, 0.05) is 16.9 Å². The van der Waals surface area contributed by atoms with Crippen LogP contribution in [0, 0.1) is 11.8 Å². The molecule has 2 aliphatic rings. The molecule has 2 fully saturated rings. The highest BCUT2D eigenvalue weighted by molar-refractivity contribution is 9.10. The van der Waals surface area contributed by atoms with Crippen LogP contribution in [0.25, 0.3) is 0 Å². The average Bonchev–Trinajstić information content (AvgIpc) is 2.82. The van der Waals surface area contributed by atoms with Crippen molar-refractivity contribution in [2.24, 2.45) is 17.6 Å². The fourth-order valence-electron chi connectivity index (χ4n) is 3.71. The van der Waals surface area contributed by atoms with Crippen molar-refractivity contribution >= 4 is 34.2 Å². The second-order valence-electron chi connectivity index (χ2n) is 6.85. The molecular formula is C18H26BrClN2O. The van der Waals surface area contributed by atoms with Crippen LogP contribution in [-0.4, -0.2) is 11.9 Å². The lowest BCUT2D eigenvalue weighted by Gasteiger charge is -2.35. The maximum Gasteiger partial charge on any atom is 0.220 e. The SMILES string of the molecule is Cl.N[C@@H]1CCC[C@H]1CC(=O)NC(c1ccc(Br)cc1)C1CCC1. The van der Waals surface area contributed by atoms with Crippen LogP contribution < -0.4 is 11.1 Å². The fraction of sp³-hybridized carbons (Fsp3) is 0.611. The third-order valence-corrected chi connectivity index (χ3v) is 5.86. The monoisotopic (exact) mass is 400 g/mol. The number of hydrogen-bond acceptors (Lipinski definition) is 2. The summed E-state index contributed by atoms with van der Waals surface area (Å²) in [5, 5.41) is 3.29. The molecule has 1 amide bonds. The van der Waals surface area contributed by atoms with Gasteiger partial charge in [0.15, 0.2) is 0 Å². The third-order valence-electron chi connectivity index (χ3n) is 5.33. The number of hydrogen-bond donors (Lipinski definition) is 2. The van der Waals surface area contributed by atoms with Gasteiger partial charge in [-0.1, -0.05) is 40.9 Å². The van der Waals surface area contributed by atoms with Crippen LogP contribution in [-0.2, 0) is 4.79 Å². The first kappa shape index (κ1) is 18.8. The summed E-state index contributed by atoms with van der Waals surface area (Å²) in [5.74, 6) is 1.12. The van der Waals surface area contributed by atoms with Gasteiger partial charge in [-0.05, 0) is 55.2 Å². The number of amides is 1. The highest BCUT2D eigenvalue weighted by Gasteiger charge is 2.31. The first-order valence-electron chi connectivity index (χ1n) is 8.44. The minimum Gasteiger partial charge on any atom is -0.349 e. The Morgan fingerprint density at radius 1 is 1.17 bits per heavy atom. The lowest BCUT2D eigenvalue weighted by Crippen LogP contribution is -2.38. The summed E-state index contributed by atoms with van der Waals surface area (Å²) >= 11 is 3.48. The Balaban J connectivity index is 0.00000192. The number of carbonyl (C=O) groups is 1. The van der Waals surface area contributed by atoms with E-state index in [0.717, 1.165) is 23.7 Å². The van der Waals surface area contributed by atoms with Gasteiger partial charge in [-0.15, -0.1) is 12.4 Å². The van der Waals surface area contributed by atoms with Crippen molar-refractivity contribution in [3.05, 3.63) is 34.3 Å². The van der Waals surface area contributed by atoms with Gasteiger partial charge in [0.05, 0.1) is 6.04 Å². The van der Waals surface area contributed by atoms with Gasteiger partial charge in [0.1, 0.15) is 0 Å². The van der Waals surface area contributed by atoms with Gasteiger partial charge < -0.3 is 11.1 Å². The maximum absolute atomic E-state index is 12.5. The number of rotatable bonds is 5. The summed E-state index contributed by atoms with van der Waals surface area (Å²) in [6, 6.07) is 8.72. The molecule has 0 aliphatic heterocycles. The molecule has 0 radical (unpaired) electrons. The lowest BCUT2D eigenvalue weighted by atomic mass is 9.77. The molecule has 128 valence electrons. The van der Waals surface area contributed by atoms with Crippen LogP contribution in [0.4, 0.5) is 0 Å². The molecule has 3 atom stereocenters. The Morgan fingerprint density at radius 2 is 1.83 bits per heavy atom. The van der Waals surface area contributed by atoms with Crippen LogP contribution in [0.3, 0.4) is 0 Å². The molecule has 3 N–H and O–H groups in total. The summed E-state index contributed by atoms with van der Waals surface area (Å²) in [4.78, 5) is 12.5. The molecule has 0 heterocycles. The summed E-state index contributed by atoms with van der Waals surface area (Å²) in [5.41, 5.74) is 7.32. The van der Waals surface area contributed by atoms with Gasteiger partial charge in [-0.3, -0.25) is 4.79 Å². The highest BCUT2D eigenvalue weighted by Crippen LogP contribution is 2.38. The molecular weight excluding hydrogens is 376 g/mol. The molecule has 2 saturated carbocycles. The largest absolute Gasteiger partial charge is 0.349 e. The van der Waals surface area contributed by atoms with Crippen molar-refractivity contribution < 1.29 is 4.79 Å². The summed E-state index contributed by atoms with van der Waals surface area (Å²) in [6.07, 6.45) is 7.62. The number of benzene rings is 1. The van der Waals surface area contributed by atoms with Crippen molar-refractivity contribution in [1.29, 1.82) is 0 Å². The van der Waals surface area contributed by atoms with Crippen molar-refractivity contribution in [3.8, 4) is 0 Å². The van der Waals surface area contributed by atoms with Crippen molar-refractivity contribution in [2.75, 3.05) is 0 Å². The lowest BCUT2D eigenvalue weighted by molar-refractivity contribution is -0.123. The van der Waals surface area contributed by atoms with Gasteiger partial charge in [0.25, 0.3) is 0 Å². The fourth-order valence-corrected chi connectivity index (χ4v) is 3.97. The van der Waals surface area contributed by atoms with E-state index >= 15 is 0 Å². The molecule has 5 heteroatoms. The number of halogens is 2. The average molecular weight is 402 g/mol. The molecule has 0 saturated heterocycles. The Hall–Kier alpha value is -0.580. The van der Waals surface area contributed by atoms with E-state index in [1.807, 2.05) is 0 Å². The summed E-state index contributed by atoms with van der Waals surface area (Å²) in [6.45, 7) is 0. The van der Waals surface area contributed by atoms with E-state index in [-0.39, 0.29) is 30.4 Å². The predicted molar refractivity (Wildman–Crippen MR) is 99.5 cm³/mol. The molecule has 0 aromatic heterocycles. The molecule has 1 aromatic carbocycles. The van der Waals surface area contributed by atoms with Crippen LogP contribution in [0.5, 0.6) is 0 Å². The smallest absolute Gasteiger partial charge is 0.220 e. The molecule has 1 unspecified atom stereocenters. The van der Waals surface area contributed by atoms with E-state index in [0.29, 0.717) is 18.3 Å². The second-order valence-corrected chi connectivity index (χ2v) is 7.76. The van der Waals surface area contributed by atoms with Crippen molar-refractivity contribution in [2.45, 2.75) is 57.0 Å². The first-order chi connectivity index (χ1) is 10.6. The number of nitrogens with one attached hydrogen (secondary N) is 1. The van der Waals surface area contributed by atoms with Crippen molar-refractivity contribution in [1.82, 2.24) is 5.32 Å². The van der Waals surface area contributed by atoms with E-state index in [9.17, 15) is 4.79 Å². The van der Waals surface area contributed by atoms with Crippen LogP contribution in [0.15, 0.2) is 28.7 Å². The van der Waals surface area contributed by atoms with E-state index in [4.69, 9.17) is 5.73 Å². The molecule has 0 bridgehead atoms. The highest BCUT2D eigenvalue weighted by atomic mass is 79.9. The maximum atomic E-state index is 12.5. The Labute approximate surface area is 153 Å². The second kappa shape index (κ2) is 8.50. The Morgan fingerprint density at radius 3 is 2.35 bits per heavy atom. The van der Waals surface area contributed by atoms with Crippen LogP contribution in [0.1, 0.15) is 56.6 Å². The van der Waals surface area contributed by atoms with Gasteiger partial charge >= 0.3 is 0 Å². The Kier molecular flexibility index (Phi) is 6.93. The van der Waals surface area contributed by atoms with E-state index in [1.54, 1.807) is 0 Å². The molecule has 3 nitrogen and oxygen atoms in total. The third kappa shape index (κ3) is 4.71. The quantitative estimate of drug-likeness (QED) is 0.771. The van der Waals surface area contributed by atoms with E-state index in [1.165, 1.54) is 24.8 Å². The summed E-state index contributed by atoms with van der Waals surface area (Å²) in [7, 11) is 0. The zero-order valence-corrected chi connectivity index (χ0v) is 15.7. The Bertz CT molecular complexity index is 518. The standard InChI is InChI=1S/C18H25BrN2O.ClH/c19-15-9-7-13(8-10-15)18(12-3-1-4-12)21-17(22)11-14-5-2-6-16(14)20;/h7-10,12,14,16,18H,1-6,11,20H2,(H,21,22);1H/t14-,16+,18?;/m0./s1. The molecule has 2 aliphatic carbocycles. The predicted octanol–water partition coefficient (Wildman–Crippen LogP) is 4.35. The zero-order valence-electron chi connectivity index (χ0n) is 13.3. The van der Waals surface area contributed by atoms with E-state index in [2.05, 4.69) is 45.5 Å². The minimum absolute atomic E-state index is 0. The summed E-state index contributed by atoms with van der Waals surface area (Å²) < 4.78 is 1.08. The van der Waals surface area contributed by atoms with Gasteiger partial charge in [-0.25, -0.2) is 0 Å². The number of nitrogens with two attached hydrogens (primary N) is 1. The normalized spacial score (nSPS) is 25.3. The van der Waals surface area contributed by atoms with Gasteiger partial charge in [0.2, 0.25) is 5.91 Å².